The number of rotatable bonds is 4. The Hall–Kier alpha value is -3.05. The summed E-state index contributed by atoms with van der Waals surface area (Å²) in [5.41, 5.74) is 12.4. The van der Waals surface area contributed by atoms with Crippen LogP contribution in [-0.2, 0) is 30.7 Å². The van der Waals surface area contributed by atoms with Gasteiger partial charge in [-0.3, -0.25) is 4.98 Å². The highest BCUT2D eigenvalue weighted by Gasteiger charge is 2.47. The van der Waals surface area contributed by atoms with Crippen LogP contribution in [-0.4, -0.2) is 55.9 Å². The molecular formula is C29H31N7O2S. The third kappa shape index (κ3) is 3.65. The van der Waals surface area contributed by atoms with E-state index in [0.29, 0.717) is 5.69 Å². The quantitative estimate of drug-likeness (QED) is 0.402. The summed E-state index contributed by atoms with van der Waals surface area (Å²) in [4.78, 5) is 22.3. The fraction of sp³-hybridized carbons (Fsp3) is 0.448. The number of aliphatic hydroxyl groups excluding tert-OH is 1. The third-order valence-corrected chi connectivity index (χ3v) is 10.4. The molecule has 0 aromatic carbocycles. The number of aromatic nitrogens is 5. The van der Waals surface area contributed by atoms with E-state index in [9.17, 15) is 5.11 Å². The highest BCUT2D eigenvalue weighted by Crippen LogP contribution is 2.50. The van der Waals surface area contributed by atoms with Crippen molar-refractivity contribution in [1.29, 1.82) is 0 Å². The minimum atomic E-state index is -0.149. The molecule has 39 heavy (non-hydrogen) atoms. The highest BCUT2D eigenvalue weighted by molar-refractivity contribution is 7.99. The van der Waals surface area contributed by atoms with Gasteiger partial charge < -0.3 is 25.0 Å². The molecule has 0 unspecified atom stereocenters. The third-order valence-electron chi connectivity index (χ3n) is 9.37. The highest BCUT2D eigenvalue weighted by atomic mass is 32.2. The first-order valence-electron chi connectivity index (χ1n) is 13.7. The number of aliphatic hydroxyl groups is 1. The molecule has 4 aliphatic rings. The molecule has 0 bridgehead atoms. The van der Waals surface area contributed by atoms with E-state index < -0.39 is 0 Å². The molecule has 3 aliphatic heterocycles. The van der Waals surface area contributed by atoms with Crippen molar-refractivity contribution in [2.24, 2.45) is 16.6 Å². The van der Waals surface area contributed by atoms with Gasteiger partial charge in [0.15, 0.2) is 5.82 Å². The van der Waals surface area contributed by atoms with Gasteiger partial charge >= 0.3 is 0 Å². The van der Waals surface area contributed by atoms with Gasteiger partial charge in [0, 0.05) is 65.2 Å². The zero-order chi connectivity index (χ0) is 26.2. The zero-order valence-corrected chi connectivity index (χ0v) is 22.5. The van der Waals surface area contributed by atoms with Crippen molar-refractivity contribution in [2.75, 3.05) is 31.2 Å². The average Bonchev–Trinajstić information content (AvgIpc) is 3.58. The maximum Gasteiger partial charge on any atom is 0.152 e. The van der Waals surface area contributed by atoms with Crippen LogP contribution in [0.2, 0.25) is 0 Å². The average molecular weight is 542 g/mol. The smallest absolute Gasteiger partial charge is 0.152 e. The molecule has 3 N–H and O–H groups in total. The molecular weight excluding hydrogens is 510 g/mol. The minimum Gasteiger partial charge on any atom is -0.390 e. The second kappa shape index (κ2) is 8.72. The SMILES string of the molecule is N[C@@H]1c2cccnc2CC12CCN(c1ncc(Sc3ccnc4c3cc3n4CC4(COC4)C3)nc1CO)CC2. The Balaban J connectivity index is 1.01. The molecule has 7 heterocycles. The molecule has 2 saturated heterocycles. The molecule has 9 nitrogen and oxygen atoms in total. The first-order chi connectivity index (χ1) is 19.1. The van der Waals surface area contributed by atoms with Crippen molar-refractivity contribution in [3.8, 4) is 0 Å². The molecule has 0 amide bonds. The maximum atomic E-state index is 10.2. The first-order valence-corrected chi connectivity index (χ1v) is 14.5. The summed E-state index contributed by atoms with van der Waals surface area (Å²) in [5.74, 6) is 0.773. The van der Waals surface area contributed by atoms with Crippen molar-refractivity contribution >= 4 is 28.6 Å². The van der Waals surface area contributed by atoms with E-state index in [0.717, 1.165) is 91.0 Å². The summed E-state index contributed by atoms with van der Waals surface area (Å²) >= 11 is 1.58. The Morgan fingerprint density at radius 3 is 2.74 bits per heavy atom. The van der Waals surface area contributed by atoms with Gasteiger partial charge in [-0.15, -0.1) is 0 Å². The summed E-state index contributed by atoms with van der Waals surface area (Å²) in [6.07, 6.45) is 9.49. The van der Waals surface area contributed by atoms with Gasteiger partial charge in [-0.05, 0) is 54.9 Å². The van der Waals surface area contributed by atoms with Gasteiger partial charge in [-0.25, -0.2) is 15.0 Å². The number of hydrogen-bond acceptors (Lipinski definition) is 9. The topological polar surface area (TPSA) is 115 Å². The van der Waals surface area contributed by atoms with Crippen LogP contribution in [0.4, 0.5) is 5.82 Å². The van der Waals surface area contributed by atoms with E-state index in [1.807, 2.05) is 30.7 Å². The number of piperidine rings is 1. The Morgan fingerprint density at radius 1 is 1.10 bits per heavy atom. The van der Waals surface area contributed by atoms with Crippen LogP contribution < -0.4 is 10.6 Å². The van der Waals surface area contributed by atoms with Crippen molar-refractivity contribution in [2.45, 2.75) is 54.8 Å². The predicted molar refractivity (Wildman–Crippen MR) is 148 cm³/mol. The Labute approximate surface area is 230 Å². The van der Waals surface area contributed by atoms with Crippen LogP contribution in [0, 0.1) is 10.8 Å². The molecule has 8 rings (SSSR count). The van der Waals surface area contributed by atoms with E-state index in [1.54, 1.807) is 11.8 Å². The van der Waals surface area contributed by atoms with Crippen LogP contribution in [0.1, 0.15) is 41.5 Å². The molecule has 0 radical (unpaired) electrons. The molecule has 1 aliphatic carbocycles. The van der Waals surface area contributed by atoms with E-state index in [-0.39, 0.29) is 23.5 Å². The lowest BCUT2D eigenvalue weighted by atomic mass is 9.73. The molecule has 4 aromatic rings. The van der Waals surface area contributed by atoms with Crippen molar-refractivity contribution in [3.05, 3.63) is 65.5 Å². The summed E-state index contributed by atoms with van der Waals surface area (Å²) in [6, 6.07) is 8.44. The summed E-state index contributed by atoms with van der Waals surface area (Å²) in [6.45, 7) is 4.18. The van der Waals surface area contributed by atoms with Gasteiger partial charge in [-0.2, -0.15) is 0 Å². The van der Waals surface area contributed by atoms with Crippen LogP contribution >= 0.6 is 11.8 Å². The number of nitrogens with two attached hydrogens (primary N) is 1. The number of anilines is 1. The Bertz CT molecular complexity index is 1590. The second-order valence-electron chi connectivity index (χ2n) is 11.7. The number of fused-ring (bicyclic) bond motifs is 4. The molecule has 2 spiro atoms. The summed E-state index contributed by atoms with van der Waals surface area (Å²) in [5, 5.41) is 12.2. The van der Waals surface area contributed by atoms with E-state index in [1.165, 1.54) is 11.3 Å². The lowest BCUT2D eigenvalue weighted by molar-refractivity contribution is -0.111. The van der Waals surface area contributed by atoms with Crippen LogP contribution in [0.5, 0.6) is 0 Å². The summed E-state index contributed by atoms with van der Waals surface area (Å²) in [7, 11) is 0. The van der Waals surface area contributed by atoms with Crippen molar-refractivity contribution in [1.82, 2.24) is 24.5 Å². The first kappa shape index (κ1) is 23.8. The van der Waals surface area contributed by atoms with E-state index in [2.05, 4.69) is 26.6 Å². The van der Waals surface area contributed by atoms with E-state index in [4.69, 9.17) is 25.4 Å². The lowest BCUT2D eigenvalue weighted by Gasteiger charge is -2.42. The predicted octanol–water partition coefficient (Wildman–Crippen LogP) is 3.28. The van der Waals surface area contributed by atoms with Gasteiger partial charge in [0.2, 0.25) is 0 Å². The fourth-order valence-electron chi connectivity index (χ4n) is 7.19. The van der Waals surface area contributed by atoms with Gasteiger partial charge in [0.25, 0.3) is 0 Å². The molecule has 0 saturated carbocycles. The van der Waals surface area contributed by atoms with Crippen LogP contribution in [0.15, 0.2) is 52.8 Å². The summed E-state index contributed by atoms with van der Waals surface area (Å²) < 4.78 is 7.86. The normalized spacial score (nSPS) is 22.4. The monoisotopic (exact) mass is 541 g/mol. The van der Waals surface area contributed by atoms with Gasteiger partial charge in [-0.1, -0.05) is 17.8 Å². The maximum absolute atomic E-state index is 10.2. The molecule has 1 atom stereocenters. The number of hydrogen-bond donors (Lipinski definition) is 2. The van der Waals surface area contributed by atoms with Crippen LogP contribution in [0.25, 0.3) is 11.0 Å². The molecule has 2 fully saturated rings. The van der Waals surface area contributed by atoms with Crippen molar-refractivity contribution < 1.29 is 9.84 Å². The largest absolute Gasteiger partial charge is 0.390 e. The van der Waals surface area contributed by atoms with Gasteiger partial charge in [0.05, 0.1) is 26.0 Å². The van der Waals surface area contributed by atoms with Crippen molar-refractivity contribution in [3.63, 3.8) is 0 Å². The fourth-order valence-corrected chi connectivity index (χ4v) is 8.06. The van der Waals surface area contributed by atoms with E-state index >= 15 is 0 Å². The standard InChI is InChI=1S/C29H31N7O2S/c30-25-19-2-1-6-31-21(19)12-29(25)4-8-35(9-5-29)27-22(14-37)34-24(13-33-27)39-23-3-7-32-26-20(23)10-18-11-28(15-36(18)26)16-38-17-28/h1-3,6-7,10,13,25,37H,4-5,8-9,11-12,14-17,30H2/t25-/m1/s1. The van der Waals surface area contributed by atoms with Gasteiger partial charge in [0.1, 0.15) is 16.4 Å². The molecule has 10 heteroatoms. The zero-order valence-electron chi connectivity index (χ0n) is 21.7. The second-order valence-corrected chi connectivity index (χ2v) is 12.8. The molecule has 4 aromatic heterocycles. The van der Waals surface area contributed by atoms with Crippen LogP contribution in [0.3, 0.4) is 0 Å². The number of nitrogens with zero attached hydrogens (tertiary/aromatic N) is 6. The number of ether oxygens (including phenoxy) is 1. The molecule has 200 valence electrons. The Morgan fingerprint density at radius 2 is 1.97 bits per heavy atom. The number of pyridine rings is 2. The Kier molecular flexibility index (Phi) is 5.33. The minimum absolute atomic E-state index is 0.0195. The lowest BCUT2D eigenvalue weighted by Crippen LogP contribution is -2.45.